The Morgan fingerprint density at radius 2 is 1.74 bits per heavy atom. The zero-order valence-corrected chi connectivity index (χ0v) is 15.5. The maximum Gasteiger partial charge on any atom is 0.306 e. The van der Waals surface area contributed by atoms with Crippen LogP contribution in [0.15, 0.2) is 0 Å². The quantitative estimate of drug-likeness (QED) is 0.569. The number of rotatable bonds is 2. The summed E-state index contributed by atoms with van der Waals surface area (Å²) in [6.07, 6.45) is 4.67. The predicted molar refractivity (Wildman–Crippen MR) is 86.2 cm³/mol. The fraction of sp³-hybridized carbons (Fsp3) is 0.941. The monoisotopic (exact) mass is 344 g/mol. The minimum absolute atomic E-state index is 0.0139. The van der Waals surface area contributed by atoms with E-state index in [4.69, 9.17) is 8.92 Å². The van der Waals surface area contributed by atoms with Crippen molar-refractivity contribution in [2.24, 2.45) is 22.7 Å². The summed E-state index contributed by atoms with van der Waals surface area (Å²) in [7, 11) is -3.47. The van der Waals surface area contributed by atoms with Crippen LogP contribution in [0.25, 0.3) is 0 Å². The van der Waals surface area contributed by atoms with E-state index >= 15 is 0 Å². The molecule has 3 rings (SSSR count). The molecular weight excluding hydrogens is 316 g/mol. The van der Waals surface area contributed by atoms with Crippen LogP contribution < -0.4 is 0 Å². The van der Waals surface area contributed by atoms with Gasteiger partial charge < -0.3 is 4.74 Å². The molecule has 0 amide bonds. The van der Waals surface area contributed by atoms with E-state index in [0.717, 1.165) is 25.5 Å². The Bertz CT molecular complexity index is 625. The van der Waals surface area contributed by atoms with Crippen LogP contribution in [0.3, 0.4) is 0 Å². The number of ether oxygens (including phenoxy) is 1. The smallest absolute Gasteiger partial charge is 0.306 e. The first kappa shape index (κ1) is 17.2. The topological polar surface area (TPSA) is 69.7 Å². The normalized spacial score (nSPS) is 46.0. The molecule has 0 unspecified atom stereocenters. The van der Waals surface area contributed by atoms with Crippen molar-refractivity contribution in [1.29, 1.82) is 0 Å². The maximum absolute atomic E-state index is 11.9. The van der Waals surface area contributed by atoms with E-state index in [-0.39, 0.29) is 34.4 Å². The molecule has 23 heavy (non-hydrogen) atoms. The van der Waals surface area contributed by atoms with Crippen LogP contribution >= 0.6 is 0 Å². The van der Waals surface area contributed by atoms with Crippen molar-refractivity contribution in [2.45, 2.75) is 71.5 Å². The summed E-state index contributed by atoms with van der Waals surface area (Å²) in [5.74, 6) is 0.439. The van der Waals surface area contributed by atoms with Crippen molar-refractivity contribution in [2.75, 3.05) is 6.26 Å². The van der Waals surface area contributed by atoms with Gasteiger partial charge in [0, 0.05) is 5.92 Å². The summed E-state index contributed by atoms with van der Waals surface area (Å²) in [4.78, 5) is 11.9. The highest BCUT2D eigenvalue weighted by atomic mass is 32.2. The lowest BCUT2D eigenvalue weighted by Crippen LogP contribution is -2.59. The third kappa shape index (κ3) is 2.62. The van der Waals surface area contributed by atoms with E-state index < -0.39 is 10.1 Å². The molecule has 1 aliphatic heterocycles. The van der Waals surface area contributed by atoms with E-state index in [1.165, 1.54) is 0 Å². The molecule has 1 heterocycles. The van der Waals surface area contributed by atoms with Gasteiger partial charge in [-0.15, -0.1) is 0 Å². The van der Waals surface area contributed by atoms with E-state index in [1.54, 1.807) is 0 Å². The average molecular weight is 344 g/mol. The standard InChI is InChI=1S/C17H28O5S/c1-15(2)11-6-9-17(4)12(10-14(18)21-17)16(11,3)8-7-13(15)22-23(5,19)20/h11-13H,6-10H2,1-5H3/t11-,12-,13-,16-,17+/m0/s1. The lowest BCUT2D eigenvalue weighted by molar-refractivity contribution is -0.178. The van der Waals surface area contributed by atoms with Crippen LogP contribution in [0, 0.1) is 22.7 Å². The second-order valence-corrected chi connectivity index (χ2v) is 10.4. The van der Waals surface area contributed by atoms with Crippen LogP contribution in [0.2, 0.25) is 0 Å². The Hall–Kier alpha value is -0.620. The van der Waals surface area contributed by atoms with E-state index in [0.29, 0.717) is 18.8 Å². The Kier molecular flexibility index (Phi) is 3.70. The van der Waals surface area contributed by atoms with Crippen molar-refractivity contribution in [3.63, 3.8) is 0 Å². The minimum Gasteiger partial charge on any atom is -0.459 e. The fourth-order valence-corrected chi connectivity index (χ4v) is 6.67. The molecule has 0 bridgehead atoms. The fourth-order valence-electron chi connectivity index (χ4n) is 5.91. The third-order valence-corrected chi connectivity index (χ3v) is 7.52. The molecule has 0 radical (unpaired) electrons. The molecule has 5 atom stereocenters. The van der Waals surface area contributed by atoms with E-state index in [1.807, 2.05) is 0 Å². The van der Waals surface area contributed by atoms with Gasteiger partial charge >= 0.3 is 5.97 Å². The van der Waals surface area contributed by atoms with Gasteiger partial charge in [0.25, 0.3) is 10.1 Å². The molecular formula is C17H28O5S. The highest BCUT2D eigenvalue weighted by molar-refractivity contribution is 7.86. The van der Waals surface area contributed by atoms with Crippen molar-refractivity contribution in [3.8, 4) is 0 Å². The second kappa shape index (κ2) is 4.94. The van der Waals surface area contributed by atoms with Gasteiger partial charge in [-0.25, -0.2) is 0 Å². The van der Waals surface area contributed by atoms with Gasteiger partial charge in [-0.2, -0.15) is 8.42 Å². The van der Waals surface area contributed by atoms with Crippen LogP contribution in [-0.2, 0) is 23.8 Å². The van der Waals surface area contributed by atoms with E-state index in [2.05, 4.69) is 27.7 Å². The molecule has 2 saturated carbocycles. The van der Waals surface area contributed by atoms with Crippen molar-refractivity contribution < 1.29 is 22.1 Å². The average Bonchev–Trinajstić information content (AvgIpc) is 2.68. The van der Waals surface area contributed by atoms with Gasteiger partial charge in [0.15, 0.2) is 0 Å². The predicted octanol–water partition coefficient (Wildman–Crippen LogP) is 2.89. The molecule has 0 aromatic heterocycles. The number of carbonyl (C=O) groups excluding carboxylic acids is 1. The number of carbonyl (C=O) groups is 1. The molecule has 6 heteroatoms. The van der Waals surface area contributed by atoms with Gasteiger partial charge in [-0.05, 0) is 49.4 Å². The first-order valence-corrected chi connectivity index (χ1v) is 10.3. The van der Waals surface area contributed by atoms with Gasteiger partial charge in [0.1, 0.15) is 5.60 Å². The number of esters is 1. The van der Waals surface area contributed by atoms with E-state index in [9.17, 15) is 13.2 Å². The van der Waals surface area contributed by atoms with Gasteiger partial charge in [-0.1, -0.05) is 20.8 Å². The molecule has 0 spiro atoms. The first-order valence-electron chi connectivity index (χ1n) is 8.49. The molecule has 0 aromatic rings. The second-order valence-electron chi connectivity index (χ2n) is 8.79. The molecule has 1 saturated heterocycles. The first-order chi connectivity index (χ1) is 10.4. The molecule has 3 aliphatic rings. The Labute approximate surface area is 139 Å². The van der Waals surface area contributed by atoms with Gasteiger partial charge in [0.2, 0.25) is 0 Å². The molecule has 0 aromatic carbocycles. The van der Waals surface area contributed by atoms with Gasteiger partial charge in [-0.3, -0.25) is 8.98 Å². The summed E-state index contributed by atoms with van der Waals surface area (Å²) in [5, 5.41) is 0. The number of hydrogen-bond acceptors (Lipinski definition) is 5. The van der Waals surface area contributed by atoms with Crippen LogP contribution in [0.5, 0.6) is 0 Å². The van der Waals surface area contributed by atoms with Crippen LogP contribution in [0.1, 0.15) is 59.8 Å². The molecule has 0 N–H and O–H groups in total. The summed E-state index contributed by atoms with van der Waals surface area (Å²) in [6, 6.07) is 0. The van der Waals surface area contributed by atoms with Gasteiger partial charge in [0.05, 0.1) is 18.8 Å². The van der Waals surface area contributed by atoms with Crippen molar-refractivity contribution >= 4 is 16.1 Å². The molecule has 132 valence electrons. The van der Waals surface area contributed by atoms with Crippen molar-refractivity contribution in [3.05, 3.63) is 0 Å². The van der Waals surface area contributed by atoms with Crippen LogP contribution in [-0.4, -0.2) is 32.3 Å². The molecule has 2 aliphatic carbocycles. The SMILES string of the molecule is CC1(C)[C@@H](OS(C)(=O)=O)CC[C@@]2(C)[C@H]1CC[C@@]1(C)OC(=O)C[C@@H]21. The Morgan fingerprint density at radius 1 is 1.09 bits per heavy atom. The summed E-state index contributed by atoms with van der Waals surface area (Å²) in [5.41, 5.74) is -0.619. The van der Waals surface area contributed by atoms with Crippen molar-refractivity contribution in [1.82, 2.24) is 0 Å². The molecule has 5 nitrogen and oxygen atoms in total. The minimum atomic E-state index is -3.47. The molecule has 3 fully saturated rings. The Balaban J connectivity index is 1.94. The summed E-state index contributed by atoms with van der Waals surface area (Å²) in [6.45, 7) is 8.56. The zero-order valence-electron chi connectivity index (χ0n) is 14.7. The number of hydrogen-bond donors (Lipinski definition) is 0. The lowest BCUT2D eigenvalue weighted by Gasteiger charge is -2.61. The summed E-state index contributed by atoms with van der Waals surface area (Å²) < 4.78 is 34.3. The highest BCUT2D eigenvalue weighted by Crippen LogP contribution is 2.65. The summed E-state index contributed by atoms with van der Waals surface area (Å²) >= 11 is 0. The maximum atomic E-state index is 11.9. The number of fused-ring (bicyclic) bond motifs is 3. The lowest BCUT2D eigenvalue weighted by atomic mass is 9.45. The largest absolute Gasteiger partial charge is 0.459 e. The zero-order chi connectivity index (χ0) is 17.3. The Morgan fingerprint density at radius 3 is 2.35 bits per heavy atom. The third-order valence-electron chi connectivity index (χ3n) is 6.94. The van der Waals surface area contributed by atoms with Crippen LogP contribution in [0.4, 0.5) is 0 Å². The highest BCUT2D eigenvalue weighted by Gasteiger charge is 2.64.